The number of phenols is 1. The number of nitrogens with zero attached hydrogens (tertiary/aromatic N) is 2. The fourth-order valence-corrected chi connectivity index (χ4v) is 4.49. The Labute approximate surface area is 190 Å². The number of rotatable bonds is 4. The molecule has 0 saturated carbocycles. The molecule has 4 aromatic rings. The van der Waals surface area contributed by atoms with E-state index in [9.17, 15) is 9.90 Å². The average molecular weight is 448 g/mol. The maximum absolute atomic E-state index is 13.0. The van der Waals surface area contributed by atoms with Gasteiger partial charge in [0.15, 0.2) is 0 Å². The highest BCUT2D eigenvalue weighted by Gasteiger charge is 2.24. The van der Waals surface area contributed by atoms with Crippen LogP contribution in [0.5, 0.6) is 11.5 Å². The summed E-state index contributed by atoms with van der Waals surface area (Å²) >= 11 is 6.32. The summed E-state index contributed by atoms with van der Waals surface area (Å²) in [4.78, 5) is 22.5. The first-order valence-corrected chi connectivity index (χ1v) is 10.9. The largest absolute Gasteiger partial charge is 0.506 e. The van der Waals surface area contributed by atoms with Crippen molar-refractivity contribution in [1.29, 1.82) is 0 Å². The number of phenolic OH excluding ortho intramolecular Hbond substituents is 1. The summed E-state index contributed by atoms with van der Waals surface area (Å²) in [6.07, 6.45) is 5.59. The molecule has 2 N–H and O–H groups in total. The maximum atomic E-state index is 13.0. The van der Waals surface area contributed by atoms with Crippen LogP contribution >= 0.6 is 11.6 Å². The quantitative estimate of drug-likeness (QED) is 0.433. The van der Waals surface area contributed by atoms with Gasteiger partial charge in [0.1, 0.15) is 17.1 Å². The zero-order valence-electron chi connectivity index (χ0n) is 17.6. The number of hydrogen-bond donors (Lipinski definition) is 2. The van der Waals surface area contributed by atoms with E-state index in [4.69, 9.17) is 16.3 Å². The lowest BCUT2D eigenvalue weighted by Crippen LogP contribution is -2.27. The van der Waals surface area contributed by atoms with Gasteiger partial charge in [0.25, 0.3) is 5.91 Å². The van der Waals surface area contributed by atoms with Crippen LogP contribution < -0.4 is 4.74 Å². The Kier molecular flexibility index (Phi) is 5.23. The number of aromatic amines is 1. The molecule has 0 spiro atoms. The van der Waals surface area contributed by atoms with Crippen molar-refractivity contribution < 1.29 is 14.6 Å². The van der Waals surface area contributed by atoms with E-state index in [-0.39, 0.29) is 22.2 Å². The third-order valence-corrected chi connectivity index (χ3v) is 6.24. The maximum Gasteiger partial charge on any atom is 0.257 e. The van der Waals surface area contributed by atoms with Crippen LogP contribution in [0.2, 0.25) is 5.02 Å². The minimum absolute atomic E-state index is 0.143. The highest BCUT2D eigenvalue weighted by molar-refractivity contribution is 6.33. The average Bonchev–Trinajstić information content (AvgIpc) is 3.50. The molecule has 0 atom stereocenters. The molecule has 1 amide bonds. The zero-order valence-corrected chi connectivity index (χ0v) is 18.3. The van der Waals surface area contributed by atoms with E-state index >= 15 is 0 Å². The third-order valence-electron chi connectivity index (χ3n) is 5.95. The molecule has 1 aliphatic heterocycles. The molecule has 162 valence electrons. The van der Waals surface area contributed by atoms with Crippen molar-refractivity contribution in [2.75, 3.05) is 20.2 Å². The number of benzene rings is 2. The Hall–Kier alpha value is -3.51. The molecule has 7 heteroatoms. The number of amides is 1. The van der Waals surface area contributed by atoms with Crippen LogP contribution in [0.4, 0.5) is 0 Å². The minimum Gasteiger partial charge on any atom is -0.506 e. The van der Waals surface area contributed by atoms with Gasteiger partial charge >= 0.3 is 0 Å². The van der Waals surface area contributed by atoms with Crippen LogP contribution in [0.25, 0.3) is 33.3 Å². The standard InChI is InChI=1S/C25H22ClN3O3/c1-32-22-7-3-2-6-17(22)20-14-28-24-18(20)11-16(13-27-24)15-10-19(23(30)21(26)12-15)25(31)29-8-4-5-9-29/h2-3,6-7,10-14,30H,4-5,8-9H2,1H3,(H,27,28). The van der Waals surface area contributed by atoms with E-state index in [1.807, 2.05) is 36.5 Å². The number of ether oxygens (including phenoxy) is 1. The second kappa shape index (κ2) is 8.20. The summed E-state index contributed by atoms with van der Waals surface area (Å²) in [5.74, 6) is 0.386. The Morgan fingerprint density at radius 2 is 1.91 bits per heavy atom. The molecule has 0 aliphatic carbocycles. The normalized spacial score (nSPS) is 13.6. The molecule has 2 aromatic heterocycles. The van der Waals surface area contributed by atoms with Gasteiger partial charge < -0.3 is 19.7 Å². The molecule has 0 unspecified atom stereocenters. The van der Waals surface area contributed by atoms with Crippen LogP contribution in [0, 0.1) is 0 Å². The molecular formula is C25H22ClN3O3. The van der Waals surface area contributed by atoms with Crippen molar-refractivity contribution in [2.45, 2.75) is 12.8 Å². The van der Waals surface area contributed by atoms with Gasteiger partial charge in [-0.25, -0.2) is 4.98 Å². The first-order valence-electron chi connectivity index (χ1n) is 10.5. The number of methoxy groups -OCH3 is 1. The van der Waals surface area contributed by atoms with E-state index in [1.54, 1.807) is 30.3 Å². The SMILES string of the molecule is COc1ccccc1-c1c[nH]c2ncc(-c3cc(Cl)c(O)c(C(=O)N4CCCC4)c3)cc12. The lowest BCUT2D eigenvalue weighted by atomic mass is 10.00. The monoisotopic (exact) mass is 447 g/mol. The van der Waals surface area contributed by atoms with E-state index in [0.717, 1.165) is 51.9 Å². The number of fused-ring (bicyclic) bond motifs is 1. The Bertz CT molecular complexity index is 1330. The zero-order chi connectivity index (χ0) is 22.2. The molecule has 3 heterocycles. The van der Waals surface area contributed by atoms with Gasteiger partial charge in [0.2, 0.25) is 0 Å². The second-order valence-electron chi connectivity index (χ2n) is 7.88. The van der Waals surface area contributed by atoms with Crippen molar-refractivity contribution in [3.8, 4) is 33.8 Å². The number of pyridine rings is 1. The number of halogens is 1. The molecule has 1 saturated heterocycles. The highest BCUT2D eigenvalue weighted by atomic mass is 35.5. The summed E-state index contributed by atoms with van der Waals surface area (Å²) in [6.45, 7) is 1.39. The van der Waals surface area contributed by atoms with Gasteiger partial charge in [-0.2, -0.15) is 0 Å². The number of aromatic hydroxyl groups is 1. The number of carbonyl (C=O) groups excluding carboxylic acids is 1. The third kappa shape index (κ3) is 3.46. The van der Waals surface area contributed by atoms with Crippen molar-refractivity contribution in [3.05, 3.63) is 65.4 Å². The summed E-state index contributed by atoms with van der Waals surface area (Å²) in [5, 5.41) is 11.5. The van der Waals surface area contributed by atoms with Crippen molar-refractivity contribution in [3.63, 3.8) is 0 Å². The lowest BCUT2D eigenvalue weighted by molar-refractivity contribution is 0.0790. The van der Waals surface area contributed by atoms with E-state index < -0.39 is 0 Å². The summed E-state index contributed by atoms with van der Waals surface area (Å²) in [6, 6.07) is 13.2. The van der Waals surface area contributed by atoms with Crippen molar-refractivity contribution in [1.82, 2.24) is 14.9 Å². The van der Waals surface area contributed by atoms with Crippen LogP contribution in [0.15, 0.2) is 54.9 Å². The molecule has 1 aliphatic rings. The molecule has 5 rings (SSSR count). The molecule has 6 nitrogen and oxygen atoms in total. The molecule has 0 bridgehead atoms. The molecular weight excluding hydrogens is 426 g/mol. The van der Waals surface area contributed by atoms with Gasteiger partial charge in [-0.05, 0) is 42.7 Å². The topological polar surface area (TPSA) is 78.5 Å². The number of nitrogens with one attached hydrogen (secondary N) is 1. The number of carbonyl (C=O) groups is 1. The number of hydrogen-bond acceptors (Lipinski definition) is 4. The van der Waals surface area contributed by atoms with Gasteiger partial charge in [0, 0.05) is 47.6 Å². The smallest absolute Gasteiger partial charge is 0.257 e. The lowest BCUT2D eigenvalue weighted by Gasteiger charge is -2.17. The first kappa shape index (κ1) is 20.4. The van der Waals surface area contributed by atoms with Gasteiger partial charge in [-0.1, -0.05) is 29.8 Å². The number of aromatic nitrogens is 2. The van der Waals surface area contributed by atoms with E-state index in [2.05, 4.69) is 9.97 Å². The van der Waals surface area contributed by atoms with Gasteiger partial charge in [-0.3, -0.25) is 4.79 Å². The number of likely N-dealkylation sites (tertiary alicyclic amines) is 1. The van der Waals surface area contributed by atoms with Crippen molar-refractivity contribution in [2.24, 2.45) is 0 Å². The van der Waals surface area contributed by atoms with Crippen molar-refractivity contribution >= 4 is 28.5 Å². The Morgan fingerprint density at radius 1 is 1.12 bits per heavy atom. The summed E-state index contributed by atoms with van der Waals surface area (Å²) in [7, 11) is 1.65. The minimum atomic E-state index is -0.200. The number of para-hydroxylation sites is 1. The van der Waals surface area contributed by atoms with E-state index in [0.29, 0.717) is 13.1 Å². The van der Waals surface area contributed by atoms with Crippen LogP contribution in [0.1, 0.15) is 23.2 Å². The summed E-state index contributed by atoms with van der Waals surface area (Å²) < 4.78 is 5.53. The molecule has 32 heavy (non-hydrogen) atoms. The predicted octanol–water partition coefficient (Wildman–Crippen LogP) is 5.50. The van der Waals surface area contributed by atoms with E-state index in [1.165, 1.54) is 0 Å². The molecule has 1 fully saturated rings. The first-order chi connectivity index (χ1) is 15.6. The van der Waals surface area contributed by atoms with Gasteiger partial charge in [-0.15, -0.1) is 0 Å². The Morgan fingerprint density at radius 3 is 2.69 bits per heavy atom. The van der Waals surface area contributed by atoms with Crippen LogP contribution in [-0.4, -0.2) is 46.1 Å². The fraction of sp³-hybridized carbons (Fsp3) is 0.200. The summed E-state index contributed by atoms with van der Waals surface area (Å²) in [5.41, 5.74) is 4.39. The number of H-pyrrole nitrogens is 1. The van der Waals surface area contributed by atoms with Gasteiger partial charge in [0.05, 0.1) is 17.7 Å². The highest BCUT2D eigenvalue weighted by Crippen LogP contribution is 2.38. The van der Waals surface area contributed by atoms with Crippen LogP contribution in [-0.2, 0) is 0 Å². The Balaban J connectivity index is 1.62. The molecule has 0 radical (unpaired) electrons. The second-order valence-corrected chi connectivity index (χ2v) is 8.28. The predicted molar refractivity (Wildman–Crippen MR) is 125 cm³/mol. The van der Waals surface area contributed by atoms with Crippen LogP contribution in [0.3, 0.4) is 0 Å². The molecule has 2 aromatic carbocycles. The fourth-order valence-electron chi connectivity index (χ4n) is 4.27.